The highest BCUT2D eigenvalue weighted by atomic mass is 32.2. The number of benzene rings is 3. The molecular weight excluding hydrogens is 540 g/mol. The van der Waals surface area contributed by atoms with Crippen molar-refractivity contribution in [2.24, 2.45) is 0 Å². The molecule has 3 rings (SSSR count). The Morgan fingerprint density at radius 3 is 1.29 bits per heavy atom. The normalized spacial score (nSPS) is 10.8. The molecule has 0 aliphatic carbocycles. The number of carbonyl (C=O) groups excluding carboxylic acids is 2. The van der Waals surface area contributed by atoms with Crippen LogP contribution in [0.1, 0.15) is 34.6 Å². The van der Waals surface area contributed by atoms with Crippen LogP contribution in [0.25, 0.3) is 0 Å². The quantitative estimate of drug-likeness (QED) is 0.186. The first-order chi connectivity index (χ1) is 17.7. The highest BCUT2D eigenvalue weighted by molar-refractivity contribution is 7.86. The predicted octanol–water partition coefficient (Wildman–Crippen LogP) is -1.29. The number of nitrogens with two attached hydrogens (primary N) is 2. The first-order valence-corrected chi connectivity index (χ1v) is 13.9. The van der Waals surface area contributed by atoms with Gasteiger partial charge in [-0.25, -0.2) is 0 Å². The summed E-state index contributed by atoms with van der Waals surface area (Å²) < 4.78 is 60.4. The van der Waals surface area contributed by atoms with Gasteiger partial charge in [0.1, 0.15) is 11.4 Å². The molecule has 206 valence electrons. The zero-order chi connectivity index (χ0) is 28.9. The molecule has 0 unspecified atom stereocenters. The van der Waals surface area contributed by atoms with E-state index in [-0.39, 0.29) is 20.9 Å². The van der Waals surface area contributed by atoms with E-state index in [2.05, 4.69) is 0 Å². The molecule has 3 aromatic carbocycles. The van der Waals surface area contributed by atoms with E-state index in [1.165, 1.54) is 42.5 Å². The third-order valence-corrected chi connectivity index (χ3v) is 6.22. The van der Waals surface area contributed by atoms with E-state index in [4.69, 9.17) is 9.11 Å². The highest BCUT2D eigenvalue weighted by Gasteiger charge is 2.11. The van der Waals surface area contributed by atoms with E-state index in [1.807, 2.05) is 24.5 Å². The molecule has 0 fully saturated rings. The topological polar surface area (TPSA) is 222 Å². The molecule has 0 aliphatic rings. The molecule has 0 atom stereocenters. The Hall–Kier alpha value is -3.66. The van der Waals surface area contributed by atoms with Gasteiger partial charge >= 0.3 is 0 Å². The smallest absolute Gasteiger partial charge is 0.294 e. The van der Waals surface area contributed by atoms with Crippen LogP contribution < -0.4 is 20.8 Å². The molecule has 6 N–H and O–H groups in total. The summed E-state index contributed by atoms with van der Waals surface area (Å²) in [6.45, 7) is 5.57. The number of carboxylic acid groups (broad SMARTS) is 2. The molecule has 0 spiro atoms. The van der Waals surface area contributed by atoms with Gasteiger partial charge in [-0.1, -0.05) is 30.3 Å². The molecule has 3 aromatic rings. The Labute approximate surface area is 220 Å². The monoisotopic (exact) mass is 568 g/mol. The van der Waals surface area contributed by atoms with Crippen molar-refractivity contribution in [2.45, 2.75) is 23.6 Å². The minimum absolute atomic E-state index is 0.0605. The fourth-order valence-corrected chi connectivity index (χ4v) is 3.92. The van der Waals surface area contributed by atoms with Gasteiger partial charge in [-0.15, -0.1) is 0 Å². The minimum atomic E-state index is -4.06. The lowest BCUT2D eigenvalue weighted by Crippen LogP contribution is -2.77. The third kappa shape index (κ3) is 11.6. The van der Waals surface area contributed by atoms with E-state index in [1.54, 1.807) is 24.3 Å². The van der Waals surface area contributed by atoms with Gasteiger partial charge in [0.2, 0.25) is 0 Å². The lowest BCUT2D eigenvalue weighted by molar-refractivity contribution is -0.568. The van der Waals surface area contributed by atoms with Crippen LogP contribution in [0.3, 0.4) is 0 Å². The van der Waals surface area contributed by atoms with Gasteiger partial charge < -0.3 is 30.4 Å². The molecule has 14 heteroatoms. The van der Waals surface area contributed by atoms with Gasteiger partial charge in [0, 0.05) is 12.1 Å². The fraction of sp³-hybridized carbons (Fsp3) is 0.167. The average molecular weight is 569 g/mol. The first-order valence-electron chi connectivity index (χ1n) is 11.0. The van der Waals surface area contributed by atoms with Crippen LogP contribution in [0.4, 0.5) is 11.4 Å². The molecule has 0 amide bonds. The first kappa shape index (κ1) is 32.4. The van der Waals surface area contributed by atoms with Crippen LogP contribution in [-0.4, -0.2) is 51.0 Å². The van der Waals surface area contributed by atoms with Crippen molar-refractivity contribution in [1.82, 2.24) is 0 Å². The summed E-state index contributed by atoms with van der Waals surface area (Å²) in [6.07, 6.45) is 0. The number of aromatic carboxylic acids is 2. The number of quaternary nitrogens is 2. The molecule has 0 saturated heterocycles. The number of carbonyl (C=O) groups is 2. The van der Waals surface area contributed by atoms with Crippen LogP contribution in [0.2, 0.25) is 0 Å². The molecule has 12 nitrogen and oxygen atoms in total. The lowest BCUT2D eigenvalue weighted by Gasteiger charge is -2.05. The number of hydrogen-bond acceptors (Lipinski definition) is 8. The Morgan fingerprint density at radius 1 is 0.658 bits per heavy atom. The van der Waals surface area contributed by atoms with E-state index in [0.717, 1.165) is 30.5 Å². The fourth-order valence-electron chi connectivity index (χ4n) is 2.85. The molecular formula is C24H28N2O10S2. The standard InChI is InChI=1S/2C8H11NO3S.C8H6O4/c2*1-2-9-7-4-3-5-8(6-7)13(10,11)12;9-7(10)5-2-1-3-6(4-5)8(11)12/h2*3-6,9H,2H2,1H3,(H,10,11,12);1-4H,(H,9,10)(H,11,12). The Kier molecular flexibility index (Phi) is 12.7. The van der Waals surface area contributed by atoms with Crippen molar-refractivity contribution < 1.29 is 56.4 Å². The summed E-state index contributed by atoms with van der Waals surface area (Å²) in [6, 6.07) is 17.2. The number of hydrogen-bond donors (Lipinski definition) is 4. The average Bonchev–Trinajstić information content (AvgIpc) is 2.85. The second-order valence-corrected chi connectivity index (χ2v) is 10.3. The summed E-state index contributed by atoms with van der Waals surface area (Å²) in [5, 5.41) is 24.3. The maximum Gasteiger partial charge on any atom is 0.294 e. The van der Waals surface area contributed by atoms with E-state index < -0.39 is 32.2 Å². The zero-order valence-corrected chi connectivity index (χ0v) is 22.1. The van der Waals surface area contributed by atoms with Gasteiger partial charge in [0.25, 0.3) is 20.2 Å². The second-order valence-electron chi connectivity index (χ2n) is 7.48. The molecule has 0 radical (unpaired) electrons. The third-order valence-electron chi connectivity index (χ3n) is 4.53. The maximum absolute atomic E-state index is 10.7. The summed E-state index contributed by atoms with van der Waals surface area (Å²) >= 11 is 0. The molecule has 0 aliphatic heterocycles. The minimum Gasteiger partial charge on any atom is -0.545 e. The molecule has 0 saturated carbocycles. The molecule has 0 heterocycles. The van der Waals surface area contributed by atoms with Gasteiger partial charge in [0.05, 0.1) is 34.8 Å². The molecule has 0 bridgehead atoms. The number of carboxylic acids is 2. The van der Waals surface area contributed by atoms with Crippen molar-refractivity contribution >= 4 is 43.5 Å². The Morgan fingerprint density at radius 2 is 1.00 bits per heavy atom. The Balaban J connectivity index is 0.000000285. The van der Waals surface area contributed by atoms with Crippen molar-refractivity contribution in [3.63, 3.8) is 0 Å². The lowest BCUT2D eigenvalue weighted by atomic mass is 10.1. The predicted molar refractivity (Wildman–Crippen MR) is 132 cm³/mol. The summed E-state index contributed by atoms with van der Waals surface area (Å²) in [4.78, 5) is 20.4. The van der Waals surface area contributed by atoms with Gasteiger partial charge in [-0.3, -0.25) is 9.11 Å². The summed E-state index contributed by atoms with van der Waals surface area (Å²) in [7, 11) is -8.13. The van der Waals surface area contributed by atoms with Crippen LogP contribution in [0.15, 0.2) is 82.6 Å². The van der Waals surface area contributed by atoms with Crippen LogP contribution in [0.5, 0.6) is 0 Å². The van der Waals surface area contributed by atoms with Crippen LogP contribution >= 0.6 is 0 Å². The van der Waals surface area contributed by atoms with Gasteiger partial charge in [-0.2, -0.15) is 16.8 Å². The SMILES string of the molecule is CC[NH2+]c1cccc(S(=O)(=O)O)c1.CC[NH2+]c1cccc(S(=O)(=O)O)c1.O=C([O-])c1cccc(C(=O)[O-])c1. The van der Waals surface area contributed by atoms with Gasteiger partial charge in [0.15, 0.2) is 0 Å². The molecule has 0 aromatic heterocycles. The summed E-state index contributed by atoms with van der Waals surface area (Å²) in [5.41, 5.74) is 1.27. The second kappa shape index (κ2) is 14.9. The van der Waals surface area contributed by atoms with E-state index >= 15 is 0 Å². The summed E-state index contributed by atoms with van der Waals surface area (Å²) in [5.74, 6) is -2.81. The van der Waals surface area contributed by atoms with Crippen molar-refractivity contribution in [1.29, 1.82) is 0 Å². The van der Waals surface area contributed by atoms with Crippen LogP contribution in [-0.2, 0) is 20.2 Å². The zero-order valence-electron chi connectivity index (χ0n) is 20.5. The van der Waals surface area contributed by atoms with Crippen LogP contribution in [0, 0.1) is 0 Å². The van der Waals surface area contributed by atoms with E-state index in [9.17, 15) is 36.6 Å². The van der Waals surface area contributed by atoms with Crippen molar-refractivity contribution in [3.8, 4) is 0 Å². The van der Waals surface area contributed by atoms with E-state index in [0.29, 0.717) is 0 Å². The maximum atomic E-state index is 10.7. The Bertz CT molecular complexity index is 1350. The van der Waals surface area contributed by atoms with Crippen molar-refractivity contribution in [3.05, 3.63) is 83.9 Å². The molecule has 38 heavy (non-hydrogen) atoms. The highest BCUT2D eigenvalue weighted by Crippen LogP contribution is 2.12. The van der Waals surface area contributed by atoms with Gasteiger partial charge in [-0.05, 0) is 55.3 Å². The van der Waals surface area contributed by atoms with Crippen molar-refractivity contribution in [2.75, 3.05) is 13.1 Å². The number of rotatable bonds is 8. The largest absolute Gasteiger partial charge is 0.545 e.